The predicted molar refractivity (Wildman–Crippen MR) is 192 cm³/mol. The lowest BCUT2D eigenvalue weighted by atomic mass is 9.77. The van der Waals surface area contributed by atoms with E-state index in [4.69, 9.17) is 11.5 Å². The van der Waals surface area contributed by atoms with Crippen LogP contribution in [0.2, 0.25) is 0 Å². The molecule has 272 valence electrons. The number of rotatable bonds is 17. The van der Waals surface area contributed by atoms with Gasteiger partial charge in [0.05, 0.1) is 6.04 Å². The van der Waals surface area contributed by atoms with Crippen molar-refractivity contribution in [2.24, 2.45) is 22.8 Å². The van der Waals surface area contributed by atoms with E-state index in [0.717, 1.165) is 24.0 Å². The van der Waals surface area contributed by atoms with E-state index in [1.165, 1.54) is 0 Å². The Bertz CT molecular complexity index is 1430. The van der Waals surface area contributed by atoms with Gasteiger partial charge in [-0.1, -0.05) is 74.5 Å². The van der Waals surface area contributed by atoms with E-state index in [1.54, 1.807) is 4.90 Å². The third-order valence-corrected chi connectivity index (χ3v) is 9.78. The lowest BCUT2D eigenvalue weighted by Gasteiger charge is -2.39. The van der Waals surface area contributed by atoms with Crippen molar-refractivity contribution < 1.29 is 24.0 Å². The Labute approximate surface area is 295 Å². The molecule has 0 aromatic heterocycles. The zero-order chi connectivity index (χ0) is 36.1. The number of hydrogen-bond acceptors (Lipinski definition) is 7. The summed E-state index contributed by atoms with van der Waals surface area (Å²) in [6.07, 6.45) is 4.52. The van der Waals surface area contributed by atoms with Crippen LogP contribution in [0.1, 0.15) is 69.9 Å². The summed E-state index contributed by atoms with van der Waals surface area (Å²) in [6.45, 7) is 6.03. The number of carbonyl (C=O) groups is 5. The fourth-order valence-electron chi connectivity index (χ4n) is 6.82. The summed E-state index contributed by atoms with van der Waals surface area (Å²) in [6, 6.07) is 15.1. The first-order valence-electron chi connectivity index (χ1n) is 18.0. The Morgan fingerprint density at radius 3 is 1.92 bits per heavy atom. The van der Waals surface area contributed by atoms with Crippen LogP contribution in [0, 0.1) is 11.3 Å². The molecule has 2 saturated heterocycles. The molecule has 2 fully saturated rings. The minimum Gasteiger partial charge on any atom is -0.356 e. The van der Waals surface area contributed by atoms with E-state index < -0.39 is 41.9 Å². The molecule has 12 heteroatoms. The number of benzene rings is 2. The molecule has 2 aliphatic rings. The third kappa shape index (κ3) is 11.4. The largest absolute Gasteiger partial charge is 0.356 e. The topological polar surface area (TPSA) is 189 Å². The summed E-state index contributed by atoms with van der Waals surface area (Å²) in [5, 5.41) is 11.6. The van der Waals surface area contributed by atoms with Crippen molar-refractivity contribution in [3.63, 3.8) is 0 Å². The van der Waals surface area contributed by atoms with Gasteiger partial charge < -0.3 is 37.6 Å². The van der Waals surface area contributed by atoms with Crippen LogP contribution in [-0.2, 0) is 36.8 Å². The number of nitrogens with one attached hydrogen (secondary N) is 4. The van der Waals surface area contributed by atoms with Gasteiger partial charge in [-0.05, 0) is 74.0 Å². The van der Waals surface area contributed by atoms with Gasteiger partial charge in [0.1, 0.15) is 18.1 Å². The van der Waals surface area contributed by atoms with Crippen molar-refractivity contribution in [2.75, 3.05) is 26.2 Å². The van der Waals surface area contributed by atoms with Crippen LogP contribution in [0.5, 0.6) is 0 Å². The first kappa shape index (κ1) is 38.5. The minimum absolute atomic E-state index is 0.0416. The fraction of sp³-hybridized carbons (Fsp3) is 0.553. The fourth-order valence-corrected chi connectivity index (χ4v) is 6.82. The Hall–Kier alpha value is -4.29. The molecule has 12 nitrogen and oxygen atoms in total. The predicted octanol–water partition coefficient (Wildman–Crippen LogP) is 1.56. The molecule has 2 heterocycles. The number of unbranched alkanes of at least 4 members (excludes halogenated alkanes) is 1. The minimum atomic E-state index is -0.992. The van der Waals surface area contributed by atoms with E-state index in [9.17, 15) is 24.0 Å². The molecular formula is C38H55N7O5. The maximum atomic E-state index is 13.9. The number of likely N-dealkylation sites (tertiary alicyclic amines) is 1. The second kappa shape index (κ2) is 18.6. The van der Waals surface area contributed by atoms with Crippen LogP contribution < -0.4 is 32.7 Å². The molecule has 0 saturated carbocycles. The molecule has 5 amide bonds. The highest BCUT2D eigenvalue weighted by Crippen LogP contribution is 2.37. The maximum absolute atomic E-state index is 13.9. The normalized spacial score (nSPS) is 17.8. The third-order valence-electron chi connectivity index (χ3n) is 9.78. The van der Waals surface area contributed by atoms with Gasteiger partial charge in [-0.2, -0.15) is 0 Å². The number of carbonyl (C=O) groups excluding carboxylic acids is 5. The monoisotopic (exact) mass is 689 g/mol. The highest BCUT2D eigenvalue weighted by molar-refractivity contribution is 5.95. The van der Waals surface area contributed by atoms with Crippen LogP contribution in [-0.4, -0.2) is 84.8 Å². The quantitative estimate of drug-likeness (QED) is 0.136. The molecule has 4 rings (SSSR count). The average molecular weight is 690 g/mol. The van der Waals surface area contributed by atoms with Gasteiger partial charge >= 0.3 is 0 Å². The van der Waals surface area contributed by atoms with Crippen LogP contribution in [0.25, 0.3) is 0 Å². The standard InChI is InChI=1S/C38H55N7O5/c1-26(2)21-31(35(48)42-30(15-9-10-18-39)37(50)45-19-16-38(17-20-45)24-33(46)41-25-38)44-36(49)32(23-28-13-7-4-8-14-28)43-34(47)29(40)22-27-11-5-3-6-12-27/h3-8,11-14,26,29-32H,9-10,15-25,39-40H2,1-2H3,(H,41,46)(H,42,48)(H,43,47)(H,44,49)/t29-,30-,31-,32-/m1/s1. The number of nitrogens with two attached hydrogens (primary N) is 2. The van der Waals surface area contributed by atoms with Crippen LogP contribution in [0.4, 0.5) is 0 Å². The van der Waals surface area contributed by atoms with Gasteiger partial charge in [-0.25, -0.2) is 0 Å². The summed E-state index contributed by atoms with van der Waals surface area (Å²) >= 11 is 0. The molecule has 4 atom stereocenters. The van der Waals surface area contributed by atoms with Crippen LogP contribution in [0.15, 0.2) is 60.7 Å². The molecule has 50 heavy (non-hydrogen) atoms. The molecule has 1 spiro atoms. The Kier molecular flexibility index (Phi) is 14.4. The lowest BCUT2D eigenvalue weighted by molar-refractivity contribution is -0.139. The van der Waals surface area contributed by atoms with Crippen molar-refractivity contribution in [1.82, 2.24) is 26.2 Å². The first-order chi connectivity index (χ1) is 24.0. The van der Waals surface area contributed by atoms with Gasteiger partial charge in [0.25, 0.3) is 0 Å². The van der Waals surface area contributed by atoms with E-state index >= 15 is 0 Å². The average Bonchev–Trinajstić information content (AvgIpc) is 3.46. The smallest absolute Gasteiger partial charge is 0.245 e. The Morgan fingerprint density at radius 1 is 0.800 bits per heavy atom. The highest BCUT2D eigenvalue weighted by Gasteiger charge is 2.42. The maximum Gasteiger partial charge on any atom is 0.245 e. The number of amides is 5. The summed E-state index contributed by atoms with van der Waals surface area (Å²) < 4.78 is 0. The summed E-state index contributed by atoms with van der Waals surface area (Å²) in [5.41, 5.74) is 13.6. The van der Waals surface area contributed by atoms with Crippen LogP contribution >= 0.6 is 0 Å². The van der Waals surface area contributed by atoms with Crippen molar-refractivity contribution in [2.45, 2.75) is 95.8 Å². The van der Waals surface area contributed by atoms with Gasteiger partial charge in [-0.3, -0.25) is 24.0 Å². The van der Waals surface area contributed by atoms with Gasteiger partial charge in [0.2, 0.25) is 29.5 Å². The molecule has 0 radical (unpaired) electrons. The van der Waals surface area contributed by atoms with E-state index in [-0.39, 0.29) is 29.6 Å². The van der Waals surface area contributed by atoms with E-state index in [1.807, 2.05) is 74.5 Å². The zero-order valence-electron chi connectivity index (χ0n) is 29.5. The van der Waals surface area contributed by atoms with Crippen LogP contribution in [0.3, 0.4) is 0 Å². The van der Waals surface area contributed by atoms with Gasteiger partial charge in [0.15, 0.2) is 0 Å². The Morgan fingerprint density at radius 2 is 1.36 bits per heavy atom. The number of piperidine rings is 1. The van der Waals surface area contributed by atoms with Crippen molar-refractivity contribution in [1.29, 1.82) is 0 Å². The molecular weight excluding hydrogens is 634 g/mol. The second-order valence-corrected chi connectivity index (χ2v) is 14.4. The molecule has 2 aromatic rings. The van der Waals surface area contributed by atoms with Gasteiger partial charge in [0, 0.05) is 32.5 Å². The van der Waals surface area contributed by atoms with Gasteiger partial charge in [-0.15, -0.1) is 0 Å². The van der Waals surface area contributed by atoms with E-state index in [0.29, 0.717) is 64.7 Å². The summed E-state index contributed by atoms with van der Waals surface area (Å²) in [4.78, 5) is 68.6. The summed E-state index contributed by atoms with van der Waals surface area (Å²) in [7, 11) is 0. The summed E-state index contributed by atoms with van der Waals surface area (Å²) in [5.74, 6) is -1.51. The van der Waals surface area contributed by atoms with Crippen molar-refractivity contribution >= 4 is 29.5 Å². The molecule has 2 aromatic carbocycles. The second-order valence-electron chi connectivity index (χ2n) is 14.4. The first-order valence-corrected chi connectivity index (χ1v) is 18.0. The molecule has 2 aliphatic heterocycles. The molecule has 0 aliphatic carbocycles. The zero-order valence-corrected chi connectivity index (χ0v) is 29.5. The molecule has 0 bridgehead atoms. The lowest BCUT2D eigenvalue weighted by Crippen LogP contribution is -2.59. The van der Waals surface area contributed by atoms with Crippen molar-refractivity contribution in [3.05, 3.63) is 71.8 Å². The highest BCUT2D eigenvalue weighted by atomic mass is 16.2. The Balaban J connectivity index is 1.46. The SMILES string of the molecule is CC(C)C[C@@H](NC(=O)[C@@H](Cc1ccccc1)NC(=O)[C@H](N)Cc1ccccc1)C(=O)N[C@H](CCCCN)C(=O)N1CCC2(CC1)CNC(=O)C2. The van der Waals surface area contributed by atoms with Crippen molar-refractivity contribution in [3.8, 4) is 0 Å². The molecule has 0 unspecified atom stereocenters. The number of hydrogen-bond donors (Lipinski definition) is 6. The van der Waals surface area contributed by atoms with E-state index in [2.05, 4.69) is 21.3 Å². The number of nitrogens with zero attached hydrogens (tertiary/aromatic N) is 1. The molecule has 8 N–H and O–H groups in total.